The lowest BCUT2D eigenvalue weighted by Gasteiger charge is -2.04. The molecule has 2 heterocycles. The summed E-state index contributed by atoms with van der Waals surface area (Å²) in [5.41, 5.74) is 3.72. The number of benzene rings is 2. The Morgan fingerprint density at radius 2 is 1.62 bits per heavy atom. The molecule has 3 nitrogen and oxygen atoms in total. The zero-order valence-electron chi connectivity index (χ0n) is 11.4. The van der Waals surface area contributed by atoms with Gasteiger partial charge in [-0.1, -0.05) is 60.1 Å². The zero-order chi connectivity index (χ0) is 14.4. The number of para-hydroxylation sites is 1. The van der Waals surface area contributed by atoms with Gasteiger partial charge >= 0.3 is 0 Å². The molecule has 0 radical (unpaired) electrons. The van der Waals surface area contributed by atoms with Crippen molar-refractivity contribution in [3.8, 4) is 11.4 Å². The van der Waals surface area contributed by atoms with Crippen molar-refractivity contribution in [2.45, 2.75) is 0 Å². The van der Waals surface area contributed by atoms with Crippen LogP contribution in [-0.4, -0.2) is 14.5 Å². The van der Waals surface area contributed by atoms with E-state index in [0.29, 0.717) is 5.15 Å². The number of pyridine rings is 1. The molecule has 0 saturated heterocycles. The van der Waals surface area contributed by atoms with Gasteiger partial charge in [-0.2, -0.15) is 0 Å². The van der Waals surface area contributed by atoms with E-state index in [9.17, 15) is 0 Å². The second-order valence-electron chi connectivity index (χ2n) is 4.98. The fourth-order valence-corrected chi connectivity index (χ4v) is 2.95. The molecule has 0 N–H and O–H groups in total. The number of rotatable bonds is 1. The zero-order valence-corrected chi connectivity index (χ0v) is 12.2. The third-order valence-corrected chi connectivity index (χ3v) is 3.96. The molecule has 0 aliphatic rings. The lowest BCUT2D eigenvalue weighted by atomic mass is 10.2. The summed E-state index contributed by atoms with van der Waals surface area (Å²) in [7, 11) is 2.01. The van der Waals surface area contributed by atoms with Gasteiger partial charge in [0.1, 0.15) is 11.3 Å². The normalized spacial score (nSPS) is 11.3. The molecule has 2 aromatic heterocycles. The van der Waals surface area contributed by atoms with Crippen molar-refractivity contribution >= 4 is 33.5 Å². The molecular formula is C17H12ClN3. The van der Waals surface area contributed by atoms with Gasteiger partial charge in [0.25, 0.3) is 0 Å². The molecule has 0 amide bonds. The minimum absolute atomic E-state index is 0.446. The van der Waals surface area contributed by atoms with Crippen molar-refractivity contribution < 1.29 is 0 Å². The van der Waals surface area contributed by atoms with Crippen LogP contribution >= 0.6 is 11.6 Å². The summed E-state index contributed by atoms with van der Waals surface area (Å²) in [6.07, 6.45) is 0. The molecule has 0 saturated carbocycles. The van der Waals surface area contributed by atoms with Crippen LogP contribution in [0.1, 0.15) is 0 Å². The SMILES string of the molecule is Cn1c(-c2ccccc2)nc2c(Cl)nc3ccccc3c21. The predicted octanol–water partition coefficient (Wildman–Crippen LogP) is 4.44. The first-order valence-electron chi connectivity index (χ1n) is 6.72. The van der Waals surface area contributed by atoms with E-state index in [2.05, 4.69) is 15.6 Å². The highest BCUT2D eigenvalue weighted by atomic mass is 35.5. The smallest absolute Gasteiger partial charge is 0.157 e. The lowest BCUT2D eigenvalue weighted by molar-refractivity contribution is 0.962. The highest BCUT2D eigenvalue weighted by molar-refractivity contribution is 6.35. The second-order valence-corrected chi connectivity index (χ2v) is 5.34. The van der Waals surface area contributed by atoms with Crippen molar-refractivity contribution in [1.82, 2.24) is 14.5 Å². The fourth-order valence-electron chi connectivity index (χ4n) is 2.73. The van der Waals surface area contributed by atoms with Gasteiger partial charge in [-0.05, 0) is 6.07 Å². The number of hydrogen-bond donors (Lipinski definition) is 0. The number of imidazole rings is 1. The molecule has 21 heavy (non-hydrogen) atoms. The van der Waals surface area contributed by atoms with Crippen LogP contribution in [0.25, 0.3) is 33.3 Å². The van der Waals surface area contributed by atoms with Gasteiger partial charge in [-0.25, -0.2) is 9.97 Å². The maximum absolute atomic E-state index is 6.32. The molecule has 0 fully saturated rings. The number of fused-ring (bicyclic) bond motifs is 3. The van der Waals surface area contributed by atoms with E-state index in [1.54, 1.807) is 0 Å². The van der Waals surface area contributed by atoms with Crippen LogP contribution in [0.15, 0.2) is 54.6 Å². The largest absolute Gasteiger partial charge is 0.326 e. The first-order chi connectivity index (χ1) is 10.3. The summed E-state index contributed by atoms with van der Waals surface area (Å²) in [4.78, 5) is 9.14. The van der Waals surface area contributed by atoms with Gasteiger partial charge in [0.15, 0.2) is 5.15 Å². The molecule has 0 unspecified atom stereocenters. The molecule has 4 aromatic rings. The summed E-state index contributed by atoms with van der Waals surface area (Å²) in [5, 5.41) is 1.51. The van der Waals surface area contributed by atoms with E-state index in [0.717, 1.165) is 33.3 Å². The molecule has 2 aromatic carbocycles. The maximum Gasteiger partial charge on any atom is 0.157 e. The van der Waals surface area contributed by atoms with E-state index in [1.807, 2.05) is 55.6 Å². The Hall–Kier alpha value is -2.39. The number of nitrogens with zero attached hydrogens (tertiary/aromatic N) is 3. The number of aryl methyl sites for hydroxylation is 1. The molecule has 0 aliphatic carbocycles. The van der Waals surface area contributed by atoms with Gasteiger partial charge in [0.2, 0.25) is 0 Å². The number of aromatic nitrogens is 3. The molecule has 102 valence electrons. The van der Waals surface area contributed by atoms with Crippen LogP contribution in [0, 0.1) is 0 Å². The van der Waals surface area contributed by atoms with Gasteiger partial charge < -0.3 is 4.57 Å². The van der Waals surface area contributed by atoms with Gasteiger partial charge in [-0.15, -0.1) is 0 Å². The first kappa shape index (κ1) is 12.4. The molecule has 4 heteroatoms. The minimum Gasteiger partial charge on any atom is -0.326 e. The highest BCUT2D eigenvalue weighted by Crippen LogP contribution is 2.32. The van der Waals surface area contributed by atoms with Crippen LogP contribution < -0.4 is 0 Å². The first-order valence-corrected chi connectivity index (χ1v) is 7.09. The van der Waals surface area contributed by atoms with Crippen LogP contribution in [0.4, 0.5) is 0 Å². The molecular weight excluding hydrogens is 282 g/mol. The Morgan fingerprint density at radius 3 is 2.43 bits per heavy atom. The maximum atomic E-state index is 6.32. The van der Waals surface area contributed by atoms with E-state index < -0.39 is 0 Å². The van der Waals surface area contributed by atoms with Crippen LogP contribution in [0.5, 0.6) is 0 Å². The van der Waals surface area contributed by atoms with Gasteiger partial charge in [0, 0.05) is 18.0 Å². The van der Waals surface area contributed by atoms with Crippen LogP contribution in [0.3, 0.4) is 0 Å². The van der Waals surface area contributed by atoms with Crippen molar-refractivity contribution in [3.63, 3.8) is 0 Å². The Balaban J connectivity index is 2.16. The standard InChI is InChI=1S/C17H12ClN3/c1-21-15-12-9-5-6-10-13(12)19-16(18)14(15)20-17(21)11-7-3-2-4-8-11/h2-10H,1H3. The molecule has 0 aliphatic heterocycles. The van der Waals surface area contributed by atoms with E-state index >= 15 is 0 Å². The molecule has 0 spiro atoms. The Kier molecular flexibility index (Phi) is 2.69. The summed E-state index contributed by atoms with van der Waals surface area (Å²) in [6.45, 7) is 0. The Labute approximate surface area is 126 Å². The summed E-state index contributed by atoms with van der Waals surface area (Å²) < 4.78 is 2.08. The molecule has 0 atom stereocenters. The summed E-state index contributed by atoms with van der Waals surface area (Å²) in [6, 6.07) is 18.1. The van der Waals surface area contributed by atoms with Crippen LogP contribution in [-0.2, 0) is 7.05 Å². The van der Waals surface area contributed by atoms with Crippen molar-refractivity contribution in [3.05, 3.63) is 59.8 Å². The van der Waals surface area contributed by atoms with E-state index in [4.69, 9.17) is 16.6 Å². The number of halogens is 1. The fraction of sp³-hybridized carbons (Fsp3) is 0.0588. The molecule has 4 rings (SSSR count). The summed E-state index contributed by atoms with van der Waals surface area (Å²) >= 11 is 6.32. The van der Waals surface area contributed by atoms with Gasteiger partial charge in [0.05, 0.1) is 11.0 Å². The topological polar surface area (TPSA) is 30.7 Å². The highest BCUT2D eigenvalue weighted by Gasteiger charge is 2.16. The Bertz CT molecular complexity index is 958. The quantitative estimate of drug-likeness (QED) is 0.486. The lowest BCUT2D eigenvalue weighted by Crippen LogP contribution is -1.93. The van der Waals surface area contributed by atoms with Crippen LogP contribution in [0.2, 0.25) is 5.15 Å². The predicted molar refractivity (Wildman–Crippen MR) is 86.5 cm³/mol. The van der Waals surface area contributed by atoms with E-state index in [-0.39, 0.29) is 0 Å². The van der Waals surface area contributed by atoms with Crippen molar-refractivity contribution in [1.29, 1.82) is 0 Å². The minimum atomic E-state index is 0.446. The average Bonchev–Trinajstić information content (AvgIpc) is 2.87. The third kappa shape index (κ3) is 1.82. The van der Waals surface area contributed by atoms with E-state index in [1.165, 1.54) is 0 Å². The average molecular weight is 294 g/mol. The van der Waals surface area contributed by atoms with Gasteiger partial charge in [-0.3, -0.25) is 0 Å². The monoisotopic (exact) mass is 293 g/mol. The summed E-state index contributed by atoms with van der Waals surface area (Å²) in [5.74, 6) is 0.894. The van der Waals surface area contributed by atoms with Crippen molar-refractivity contribution in [2.75, 3.05) is 0 Å². The van der Waals surface area contributed by atoms with Crippen molar-refractivity contribution in [2.24, 2.45) is 7.05 Å². The third-order valence-electron chi connectivity index (χ3n) is 3.70. The molecule has 0 bridgehead atoms. The number of hydrogen-bond acceptors (Lipinski definition) is 2. The Morgan fingerprint density at radius 1 is 0.905 bits per heavy atom. The second kappa shape index (κ2) is 4.57.